The van der Waals surface area contributed by atoms with Crippen molar-refractivity contribution in [2.45, 2.75) is 44.5 Å². The van der Waals surface area contributed by atoms with E-state index < -0.39 is 10.0 Å². The van der Waals surface area contributed by atoms with Gasteiger partial charge in [-0.2, -0.15) is 0 Å². The van der Waals surface area contributed by atoms with Crippen molar-refractivity contribution in [1.82, 2.24) is 10.3 Å². The lowest BCUT2D eigenvalue weighted by Crippen LogP contribution is -2.21. The molecule has 0 aliphatic carbocycles. The van der Waals surface area contributed by atoms with E-state index in [4.69, 9.17) is 0 Å². The molecular formula is C13H19N3O2S3. The number of anilines is 1. The van der Waals surface area contributed by atoms with Gasteiger partial charge in [-0.05, 0) is 30.9 Å². The lowest BCUT2D eigenvalue weighted by atomic mass is 10.3. The molecule has 0 atom stereocenters. The normalized spacial score (nSPS) is 12.0. The highest BCUT2D eigenvalue weighted by Crippen LogP contribution is 2.26. The summed E-state index contributed by atoms with van der Waals surface area (Å²) in [5.41, 5.74) is 1.83. The summed E-state index contributed by atoms with van der Waals surface area (Å²) in [6, 6.07) is 2.07. The van der Waals surface area contributed by atoms with Gasteiger partial charge in [-0.3, -0.25) is 4.72 Å². The number of hydrogen-bond donors (Lipinski definition) is 2. The van der Waals surface area contributed by atoms with Gasteiger partial charge in [0.25, 0.3) is 10.0 Å². The van der Waals surface area contributed by atoms with Crippen LogP contribution in [0.15, 0.2) is 15.7 Å². The van der Waals surface area contributed by atoms with E-state index in [1.54, 1.807) is 6.07 Å². The summed E-state index contributed by atoms with van der Waals surface area (Å²) in [5.74, 6) is 0. The molecule has 2 heterocycles. The number of thiophene rings is 1. The van der Waals surface area contributed by atoms with Gasteiger partial charge in [0, 0.05) is 17.5 Å². The van der Waals surface area contributed by atoms with Gasteiger partial charge in [0.05, 0.1) is 5.69 Å². The minimum absolute atomic E-state index is 0.313. The maximum Gasteiger partial charge on any atom is 0.273 e. The van der Waals surface area contributed by atoms with E-state index in [1.165, 1.54) is 22.7 Å². The SMILES string of the molecule is Cc1nc(NS(=O)(=O)c2cc(CNC(C)C)cs2)sc1C. The molecule has 5 nitrogen and oxygen atoms in total. The second-order valence-electron chi connectivity index (χ2n) is 5.08. The fourth-order valence-corrected chi connectivity index (χ4v) is 4.85. The molecule has 8 heteroatoms. The van der Waals surface area contributed by atoms with Gasteiger partial charge in [0.15, 0.2) is 5.13 Å². The highest BCUT2D eigenvalue weighted by atomic mass is 32.2. The Hall–Kier alpha value is -0.960. The first-order valence-corrected chi connectivity index (χ1v) is 9.73. The zero-order chi connectivity index (χ0) is 15.6. The number of sulfonamides is 1. The van der Waals surface area contributed by atoms with Crippen LogP contribution in [0, 0.1) is 13.8 Å². The first-order chi connectivity index (χ1) is 9.78. The topological polar surface area (TPSA) is 71.1 Å². The highest BCUT2D eigenvalue weighted by Gasteiger charge is 2.19. The largest absolute Gasteiger partial charge is 0.310 e. The van der Waals surface area contributed by atoms with Gasteiger partial charge in [-0.15, -0.1) is 22.7 Å². The Morgan fingerprint density at radius 1 is 1.33 bits per heavy atom. The summed E-state index contributed by atoms with van der Waals surface area (Å²) in [6.07, 6.45) is 0. The molecule has 0 fully saturated rings. The van der Waals surface area contributed by atoms with E-state index in [9.17, 15) is 8.42 Å². The van der Waals surface area contributed by atoms with Crippen LogP contribution in [0.4, 0.5) is 5.13 Å². The number of rotatable bonds is 6. The van der Waals surface area contributed by atoms with Crippen LogP contribution in [-0.2, 0) is 16.6 Å². The zero-order valence-corrected chi connectivity index (χ0v) is 14.9. The van der Waals surface area contributed by atoms with Crippen molar-refractivity contribution in [3.63, 3.8) is 0 Å². The van der Waals surface area contributed by atoms with Gasteiger partial charge in [-0.25, -0.2) is 13.4 Å². The van der Waals surface area contributed by atoms with Crippen LogP contribution in [-0.4, -0.2) is 19.4 Å². The number of aryl methyl sites for hydroxylation is 2. The average molecular weight is 346 g/mol. The summed E-state index contributed by atoms with van der Waals surface area (Å²) >= 11 is 2.57. The smallest absolute Gasteiger partial charge is 0.273 e. The van der Waals surface area contributed by atoms with Crippen molar-refractivity contribution in [3.05, 3.63) is 27.6 Å². The lowest BCUT2D eigenvalue weighted by Gasteiger charge is -2.05. The number of thiazole rings is 1. The van der Waals surface area contributed by atoms with E-state index in [0.717, 1.165) is 16.1 Å². The summed E-state index contributed by atoms with van der Waals surface area (Å²) < 4.78 is 27.5. The zero-order valence-electron chi connectivity index (χ0n) is 12.4. The first kappa shape index (κ1) is 16.4. The van der Waals surface area contributed by atoms with Crippen molar-refractivity contribution >= 4 is 37.8 Å². The van der Waals surface area contributed by atoms with Gasteiger partial charge in [0.1, 0.15) is 4.21 Å². The van der Waals surface area contributed by atoms with Gasteiger partial charge >= 0.3 is 0 Å². The Morgan fingerprint density at radius 2 is 2.05 bits per heavy atom. The summed E-state index contributed by atoms with van der Waals surface area (Å²) in [6.45, 7) is 8.56. The van der Waals surface area contributed by atoms with E-state index in [-0.39, 0.29) is 0 Å². The molecule has 0 saturated carbocycles. The van der Waals surface area contributed by atoms with Gasteiger partial charge in [-0.1, -0.05) is 13.8 Å². The van der Waals surface area contributed by atoms with E-state index in [2.05, 4.69) is 28.9 Å². The fourth-order valence-electron chi connectivity index (χ4n) is 1.59. The summed E-state index contributed by atoms with van der Waals surface area (Å²) in [4.78, 5) is 5.22. The molecule has 0 spiro atoms. The van der Waals surface area contributed by atoms with Crippen LogP contribution in [0.2, 0.25) is 0 Å². The number of nitrogens with one attached hydrogen (secondary N) is 2. The molecule has 0 saturated heterocycles. The summed E-state index contributed by atoms with van der Waals surface area (Å²) in [5, 5.41) is 5.55. The van der Waals surface area contributed by atoms with Crippen LogP contribution in [0.25, 0.3) is 0 Å². The van der Waals surface area contributed by atoms with Gasteiger partial charge < -0.3 is 5.32 Å². The van der Waals surface area contributed by atoms with Crippen LogP contribution in [0.1, 0.15) is 30.0 Å². The molecular weight excluding hydrogens is 326 g/mol. The molecule has 0 bridgehead atoms. The molecule has 0 amide bonds. The first-order valence-electron chi connectivity index (χ1n) is 6.55. The summed E-state index contributed by atoms with van der Waals surface area (Å²) in [7, 11) is -3.55. The Morgan fingerprint density at radius 3 is 2.62 bits per heavy atom. The molecule has 2 aromatic heterocycles. The Kier molecular flexibility index (Phi) is 5.03. The molecule has 0 aromatic carbocycles. The second kappa shape index (κ2) is 6.43. The van der Waals surface area contributed by atoms with E-state index in [0.29, 0.717) is 21.9 Å². The maximum atomic E-state index is 12.3. The average Bonchev–Trinajstić information content (AvgIpc) is 2.95. The minimum atomic E-state index is -3.55. The van der Waals surface area contributed by atoms with Crippen LogP contribution in [0.5, 0.6) is 0 Å². The van der Waals surface area contributed by atoms with Crippen LogP contribution in [0.3, 0.4) is 0 Å². The second-order valence-corrected chi connectivity index (χ2v) is 9.10. The molecule has 2 rings (SSSR count). The molecule has 0 aliphatic heterocycles. The molecule has 21 heavy (non-hydrogen) atoms. The Bertz CT molecular complexity index is 697. The molecule has 2 aromatic rings. The van der Waals surface area contributed by atoms with Crippen molar-refractivity contribution < 1.29 is 8.42 Å². The number of nitrogens with zero attached hydrogens (tertiary/aromatic N) is 1. The Labute approximate surface area is 133 Å². The van der Waals surface area contributed by atoms with E-state index in [1.807, 2.05) is 19.2 Å². The predicted octanol–water partition coefficient (Wildman–Crippen LogP) is 3.12. The van der Waals surface area contributed by atoms with Crippen molar-refractivity contribution in [2.24, 2.45) is 0 Å². The van der Waals surface area contributed by atoms with Crippen molar-refractivity contribution in [2.75, 3.05) is 4.72 Å². The maximum absolute atomic E-state index is 12.3. The fraction of sp³-hybridized carbons (Fsp3) is 0.462. The lowest BCUT2D eigenvalue weighted by molar-refractivity contribution is 0.589. The van der Waals surface area contributed by atoms with Gasteiger partial charge in [0.2, 0.25) is 0 Å². The van der Waals surface area contributed by atoms with Crippen LogP contribution >= 0.6 is 22.7 Å². The number of aromatic nitrogens is 1. The molecule has 0 aliphatic rings. The van der Waals surface area contributed by atoms with E-state index >= 15 is 0 Å². The Balaban J connectivity index is 2.12. The molecule has 0 radical (unpaired) electrons. The van der Waals surface area contributed by atoms with Crippen molar-refractivity contribution in [3.8, 4) is 0 Å². The molecule has 2 N–H and O–H groups in total. The standard InChI is InChI=1S/C13H19N3O2S3/c1-8(2)14-6-11-5-12(19-7-11)21(17,18)16-13-15-9(3)10(4)20-13/h5,7-8,14H,6H2,1-4H3,(H,15,16). The quantitative estimate of drug-likeness (QED) is 0.844. The minimum Gasteiger partial charge on any atom is -0.310 e. The van der Waals surface area contributed by atoms with Crippen LogP contribution < -0.4 is 10.0 Å². The highest BCUT2D eigenvalue weighted by molar-refractivity contribution is 7.94. The predicted molar refractivity (Wildman–Crippen MR) is 88.7 cm³/mol. The molecule has 116 valence electrons. The third-order valence-corrected chi connectivity index (χ3v) is 6.80. The monoisotopic (exact) mass is 345 g/mol. The third kappa shape index (κ3) is 4.26. The molecule has 0 unspecified atom stereocenters. The van der Waals surface area contributed by atoms with Crippen molar-refractivity contribution in [1.29, 1.82) is 0 Å². The number of hydrogen-bond acceptors (Lipinski definition) is 6. The third-order valence-electron chi connectivity index (χ3n) is 2.86.